The average molecular weight is 302 g/mol. The van der Waals surface area contributed by atoms with Crippen LogP contribution < -0.4 is 0 Å². The van der Waals surface area contributed by atoms with Gasteiger partial charge in [0, 0.05) is 10.6 Å². The zero-order valence-electron chi connectivity index (χ0n) is 11.2. The highest BCUT2D eigenvalue weighted by atomic mass is 35.5. The molecule has 106 valence electrons. The zero-order valence-corrected chi connectivity index (χ0v) is 11.9. The summed E-state index contributed by atoms with van der Waals surface area (Å²) in [6.45, 7) is 0. The Hall–Kier alpha value is -1.89. The summed E-state index contributed by atoms with van der Waals surface area (Å²) in [5.41, 5.74) is 1.57. The smallest absolute Gasteiger partial charge is 0.124 e. The number of nitrogens with zero attached hydrogens (tertiary/aromatic N) is 1. The molecule has 0 bridgehead atoms. The molecule has 4 heteroatoms. The lowest BCUT2D eigenvalue weighted by molar-refractivity contribution is 0.0694. The Morgan fingerprint density at radius 2 is 1.81 bits per heavy atom. The van der Waals surface area contributed by atoms with Crippen molar-refractivity contribution in [1.82, 2.24) is 0 Å². The number of aliphatic hydroxyl groups excluding tert-OH is 1. The largest absolute Gasteiger partial charge is 0.387 e. The number of aliphatic hydroxyl groups is 1. The van der Waals surface area contributed by atoms with E-state index in [2.05, 4.69) is 6.07 Å². The highest BCUT2D eigenvalue weighted by Gasteiger charge is 2.44. The van der Waals surface area contributed by atoms with E-state index in [1.807, 2.05) is 24.3 Å². The fourth-order valence-electron chi connectivity index (χ4n) is 3.00. The van der Waals surface area contributed by atoms with E-state index in [4.69, 9.17) is 11.6 Å². The lowest BCUT2D eigenvalue weighted by Crippen LogP contribution is -2.28. The van der Waals surface area contributed by atoms with Crippen LogP contribution in [-0.2, 0) is 12.8 Å². The van der Waals surface area contributed by atoms with Gasteiger partial charge >= 0.3 is 0 Å². The third-order valence-corrected chi connectivity index (χ3v) is 4.46. The van der Waals surface area contributed by atoms with Gasteiger partial charge in [0.1, 0.15) is 5.82 Å². The summed E-state index contributed by atoms with van der Waals surface area (Å²) in [5, 5.41) is 20.5. The van der Waals surface area contributed by atoms with Gasteiger partial charge in [0.25, 0.3) is 0 Å². The van der Waals surface area contributed by atoms with E-state index >= 15 is 0 Å². The molecule has 21 heavy (non-hydrogen) atoms. The van der Waals surface area contributed by atoms with Crippen molar-refractivity contribution >= 4 is 11.6 Å². The topological polar surface area (TPSA) is 44.0 Å². The third-order valence-electron chi connectivity index (χ3n) is 4.13. The SMILES string of the molecule is N#CC1(C(O)c2ccc(F)cc2Cl)Cc2ccccc2C1. The molecule has 0 aliphatic heterocycles. The van der Waals surface area contributed by atoms with Gasteiger partial charge in [-0.2, -0.15) is 5.26 Å². The van der Waals surface area contributed by atoms with Crippen molar-refractivity contribution in [2.75, 3.05) is 0 Å². The molecule has 3 rings (SSSR count). The Morgan fingerprint density at radius 3 is 2.33 bits per heavy atom. The Labute approximate surface area is 127 Å². The molecule has 1 aliphatic rings. The molecular formula is C17H13ClFNO. The number of hydrogen-bond acceptors (Lipinski definition) is 2. The summed E-state index contributed by atoms with van der Waals surface area (Å²) >= 11 is 6.02. The number of fused-ring (bicyclic) bond motifs is 1. The maximum absolute atomic E-state index is 13.1. The van der Waals surface area contributed by atoms with Gasteiger partial charge in [-0.3, -0.25) is 0 Å². The van der Waals surface area contributed by atoms with Crippen LogP contribution in [0.25, 0.3) is 0 Å². The molecule has 1 aliphatic carbocycles. The molecule has 1 unspecified atom stereocenters. The highest BCUT2D eigenvalue weighted by Crippen LogP contribution is 2.46. The van der Waals surface area contributed by atoms with Gasteiger partial charge in [0.15, 0.2) is 0 Å². The first-order valence-electron chi connectivity index (χ1n) is 6.67. The second kappa shape index (κ2) is 5.14. The second-order valence-corrected chi connectivity index (χ2v) is 5.87. The van der Waals surface area contributed by atoms with E-state index < -0.39 is 17.3 Å². The molecule has 2 aromatic rings. The fraction of sp³-hybridized carbons (Fsp3) is 0.235. The lowest BCUT2D eigenvalue weighted by Gasteiger charge is -2.28. The molecule has 0 heterocycles. The Morgan fingerprint density at radius 1 is 1.19 bits per heavy atom. The Bertz CT molecular complexity index is 713. The minimum atomic E-state index is -1.05. The van der Waals surface area contributed by atoms with Crippen molar-refractivity contribution in [3.05, 3.63) is 70.0 Å². The number of rotatable bonds is 2. The summed E-state index contributed by atoms with van der Waals surface area (Å²) in [7, 11) is 0. The predicted molar refractivity (Wildman–Crippen MR) is 78.3 cm³/mol. The van der Waals surface area contributed by atoms with Gasteiger partial charge < -0.3 is 5.11 Å². The number of nitriles is 1. The number of benzene rings is 2. The first kappa shape index (κ1) is 14.1. The van der Waals surface area contributed by atoms with Crippen LogP contribution in [0.5, 0.6) is 0 Å². The maximum Gasteiger partial charge on any atom is 0.124 e. The summed E-state index contributed by atoms with van der Waals surface area (Å²) in [4.78, 5) is 0. The number of halogens is 2. The van der Waals surface area contributed by atoms with Gasteiger partial charge in [0.05, 0.1) is 17.6 Å². The van der Waals surface area contributed by atoms with E-state index in [0.717, 1.165) is 17.2 Å². The van der Waals surface area contributed by atoms with Crippen LogP contribution in [0.3, 0.4) is 0 Å². The normalized spacial score (nSPS) is 17.0. The summed E-state index contributed by atoms with van der Waals surface area (Å²) in [6.07, 6.45) is -0.119. The molecular weight excluding hydrogens is 289 g/mol. The van der Waals surface area contributed by atoms with E-state index in [1.165, 1.54) is 12.1 Å². The van der Waals surface area contributed by atoms with Crippen molar-refractivity contribution in [2.45, 2.75) is 18.9 Å². The van der Waals surface area contributed by atoms with Crippen LogP contribution >= 0.6 is 11.6 Å². The van der Waals surface area contributed by atoms with Crippen molar-refractivity contribution in [1.29, 1.82) is 5.26 Å². The molecule has 0 saturated carbocycles. The van der Waals surface area contributed by atoms with Gasteiger partial charge in [-0.1, -0.05) is 41.9 Å². The minimum absolute atomic E-state index is 0.146. The number of hydrogen-bond donors (Lipinski definition) is 1. The van der Waals surface area contributed by atoms with Crippen molar-refractivity contribution < 1.29 is 9.50 Å². The van der Waals surface area contributed by atoms with Crippen LogP contribution in [0.15, 0.2) is 42.5 Å². The molecule has 1 atom stereocenters. The van der Waals surface area contributed by atoms with Gasteiger partial charge in [-0.15, -0.1) is 0 Å². The second-order valence-electron chi connectivity index (χ2n) is 5.46. The van der Waals surface area contributed by atoms with E-state index in [0.29, 0.717) is 18.4 Å². The lowest BCUT2D eigenvalue weighted by atomic mass is 9.77. The predicted octanol–water partition coefficient (Wildman–Crippen LogP) is 3.82. The molecule has 0 fully saturated rings. The van der Waals surface area contributed by atoms with E-state index in [9.17, 15) is 14.8 Å². The molecule has 0 radical (unpaired) electrons. The first-order chi connectivity index (χ1) is 10.1. The van der Waals surface area contributed by atoms with E-state index in [1.54, 1.807) is 0 Å². The van der Waals surface area contributed by atoms with Crippen LogP contribution in [0.1, 0.15) is 22.8 Å². The monoisotopic (exact) mass is 301 g/mol. The standard InChI is InChI=1S/C17H13ClFNO/c18-15-7-13(19)5-6-14(15)16(21)17(10-20)8-11-3-1-2-4-12(11)9-17/h1-7,16,21H,8-9H2. The van der Waals surface area contributed by atoms with Gasteiger partial charge in [0.2, 0.25) is 0 Å². The third kappa shape index (κ3) is 2.31. The van der Waals surface area contributed by atoms with Crippen LogP contribution in [0.4, 0.5) is 4.39 Å². The Kier molecular flexibility index (Phi) is 3.44. The molecule has 0 aromatic heterocycles. The van der Waals surface area contributed by atoms with Gasteiger partial charge in [-0.25, -0.2) is 4.39 Å². The highest BCUT2D eigenvalue weighted by molar-refractivity contribution is 6.31. The van der Waals surface area contributed by atoms with Crippen LogP contribution in [0, 0.1) is 22.6 Å². The van der Waals surface area contributed by atoms with Crippen molar-refractivity contribution in [3.63, 3.8) is 0 Å². The van der Waals surface area contributed by atoms with Crippen molar-refractivity contribution in [3.8, 4) is 6.07 Å². The molecule has 1 N–H and O–H groups in total. The average Bonchev–Trinajstić information content (AvgIpc) is 2.86. The Balaban J connectivity index is 2.00. The minimum Gasteiger partial charge on any atom is -0.387 e. The molecule has 0 saturated heterocycles. The van der Waals surface area contributed by atoms with Gasteiger partial charge in [-0.05, 0) is 36.1 Å². The summed E-state index contributed by atoms with van der Waals surface area (Å²) in [5.74, 6) is -0.461. The zero-order chi connectivity index (χ0) is 15.0. The van der Waals surface area contributed by atoms with Crippen LogP contribution in [-0.4, -0.2) is 5.11 Å². The van der Waals surface area contributed by atoms with Crippen LogP contribution in [0.2, 0.25) is 5.02 Å². The molecule has 0 spiro atoms. The van der Waals surface area contributed by atoms with E-state index in [-0.39, 0.29) is 5.02 Å². The van der Waals surface area contributed by atoms with Crippen molar-refractivity contribution in [2.24, 2.45) is 5.41 Å². The fourth-order valence-corrected chi connectivity index (χ4v) is 3.27. The molecule has 2 aromatic carbocycles. The summed E-state index contributed by atoms with van der Waals surface area (Å²) < 4.78 is 13.1. The quantitative estimate of drug-likeness (QED) is 0.916. The first-order valence-corrected chi connectivity index (χ1v) is 7.04. The molecule has 0 amide bonds. The maximum atomic E-state index is 13.1. The summed E-state index contributed by atoms with van der Waals surface area (Å²) in [6, 6.07) is 13.9. The molecule has 2 nitrogen and oxygen atoms in total.